The van der Waals surface area contributed by atoms with Crippen LogP contribution in [-0.4, -0.2) is 32.1 Å². The highest BCUT2D eigenvalue weighted by molar-refractivity contribution is 7.92. The minimum Gasteiger partial charge on any atom is -0.322 e. The number of benzene rings is 1. The predicted molar refractivity (Wildman–Crippen MR) is 104 cm³/mol. The van der Waals surface area contributed by atoms with Gasteiger partial charge in [0.1, 0.15) is 0 Å². The van der Waals surface area contributed by atoms with Crippen molar-refractivity contribution in [1.82, 2.24) is 4.90 Å². The SMILES string of the molecule is CCCS(=O)(=O)Nc1cccc(NC(=O)N(C)Cc2ccc(C)s2)c1. The Morgan fingerprint density at radius 1 is 1.20 bits per heavy atom. The number of rotatable bonds is 7. The molecule has 0 spiro atoms. The molecule has 0 unspecified atom stereocenters. The quantitative estimate of drug-likeness (QED) is 0.764. The molecule has 0 bridgehead atoms. The summed E-state index contributed by atoms with van der Waals surface area (Å²) in [6, 6.07) is 10.5. The van der Waals surface area contributed by atoms with E-state index in [4.69, 9.17) is 0 Å². The average molecular weight is 382 g/mol. The molecule has 0 radical (unpaired) electrons. The summed E-state index contributed by atoms with van der Waals surface area (Å²) in [4.78, 5) is 16.2. The van der Waals surface area contributed by atoms with Crippen molar-refractivity contribution < 1.29 is 13.2 Å². The fourth-order valence-electron chi connectivity index (χ4n) is 2.25. The van der Waals surface area contributed by atoms with E-state index in [1.54, 1.807) is 54.5 Å². The van der Waals surface area contributed by atoms with Crippen molar-refractivity contribution >= 4 is 38.8 Å². The Hall–Kier alpha value is -2.06. The maximum atomic E-state index is 12.3. The van der Waals surface area contributed by atoms with Gasteiger partial charge in [-0.3, -0.25) is 4.72 Å². The molecule has 2 rings (SSSR count). The lowest BCUT2D eigenvalue weighted by atomic mass is 10.3. The number of urea groups is 1. The number of hydrogen-bond donors (Lipinski definition) is 2. The van der Waals surface area contributed by atoms with Gasteiger partial charge in [0.05, 0.1) is 18.0 Å². The molecule has 0 fully saturated rings. The number of hydrogen-bond acceptors (Lipinski definition) is 4. The fraction of sp³-hybridized carbons (Fsp3) is 0.353. The predicted octanol–water partition coefficient (Wildman–Crippen LogP) is 3.87. The molecule has 0 aliphatic heterocycles. The van der Waals surface area contributed by atoms with E-state index in [0.717, 1.165) is 4.88 Å². The van der Waals surface area contributed by atoms with E-state index < -0.39 is 10.0 Å². The highest BCUT2D eigenvalue weighted by Gasteiger charge is 2.12. The van der Waals surface area contributed by atoms with Gasteiger partial charge in [0.15, 0.2) is 0 Å². The van der Waals surface area contributed by atoms with Gasteiger partial charge in [0.25, 0.3) is 0 Å². The zero-order valence-electron chi connectivity index (χ0n) is 14.6. The van der Waals surface area contributed by atoms with Gasteiger partial charge in [0.2, 0.25) is 10.0 Å². The highest BCUT2D eigenvalue weighted by atomic mass is 32.2. The van der Waals surface area contributed by atoms with Gasteiger partial charge in [-0.25, -0.2) is 13.2 Å². The van der Waals surface area contributed by atoms with Gasteiger partial charge < -0.3 is 10.2 Å². The number of carbonyl (C=O) groups excluding carboxylic acids is 1. The summed E-state index contributed by atoms with van der Waals surface area (Å²) in [5.74, 6) is 0.0621. The van der Waals surface area contributed by atoms with Crippen LogP contribution in [0.2, 0.25) is 0 Å². The number of thiophene rings is 1. The largest absolute Gasteiger partial charge is 0.322 e. The monoisotopic (exact) mass is 381 g/mol. The second-order valence-electron chi connectivity index (χ2n) is 5.80. The molecule has 136 valence electrons. The van der Waals surface area contributed by atoms with Crippen LogP contribution in [0, 0.1) is 6.92 Å². The molecule has 1 heterocycles. The van der Waals surface area contributed by atoms with Gasteiger partial charge in [-0.15, -0.1) is 11.3 Å². The van der Waals surface area contributed by atoms with E-state index in [1.165, 1.54) is 4.88 Å². The van der Waals surface area contributed by atoms with Gasteiger partial charge in [-0.1, -0.05) is 13.0 Å². The van der Waals surface area contributed by atoms with E-state index in [1.807, 2.05) is 19.1 Å². The van der Waals surface area contributed by atoms with Crippen molar-refractivity contribution in [3.8, 4) is 0 Å². The highest BCUT2D eigenvalue weighted by Crippen LogP contribution is 2.19. The second kappa shape index (κ2) is 8.35. The first-order valence-electron chi connectivity index (χ1n) is 7.97. The van der Waals surface area contributed by atoms with Gasteiger partial charge in [-0.2, -0.15) is 0 Å². The summed E-state index contributed by atoms with van der Waals surface area (Å²) in [6.07, 6.45) is 0.540. The van der Waals surface area contributed by atoms with Crippen LogP contribution >= 0.6 is 11.3 Å². The van der Waals surface area contributed by atoms with Crippen LogP contribution in [0.15, 0.2) is 36.4 Å². The van der Waals surface area contributed by atoms with E-state index in [0.29, 0.717) is 24.3 Å². The Bertz CT molecular complexity index is 831. The summed E-state index contributed by atoms with van der Waals surface area (Å²) in [5.41, 5.74) is 0.971. The number of anilines is 2. The van der Waals surface area contributed by atoms with Gasteiger partial charge in [-0.05, 0) is 43.7 Å². The van der Waals surface area contributed by atoms with Crippen molar-refractivity contribution in [2.24, 2.45) is 0 Å². The Kier molecular flexibility index (Phi) is 6.44. The van der Waals surface area contributed by atoms with E-state index in [-0.39, 0.29) is 11.8 Å². The molecular weight excluding hydrogens is 358 g/mol. The first kappa shape index (κ1) is 19.3. The van der Waals surface area contributed by atoms with Crippen molar-refractivity contribution in [1.29, 1.82) is 0 Å². The lowest BCUT2D eigenvalue weighted by Crippen LogP contribution is -2.30. The van der Waals surface area contributed by atoms with Crippen LogP contribution < -0.4 is 10.0 Å². The normalized spacial score (nSPS) is 11.2. The van der Waals surface area contributed by atoms with Crippen LogP contribution in [-0.2, 0) is 16.6 Å². The fourth-order valence-corrected chi connectivity index (χ4v) is 4.32. The van der Waals surface area contributed by atoms with Crippen LogP contribution in [0.3, 0.4) is 0 Å². The second-order valence-corrected chi connectivity index (χ2v) is 9.01. The summed E-state index contributed by atoms with van der Waals surface area (Å²) >= 11 is 1.65. The van der Waals surface area contributed by atoms with Crippen molar-refractivity contribution in [2.45, 2.75) is 26.8 Å². The number of sulfonamides is 1. The minimum absolute atomic E-state index is 0.0621. The van der Waals surface area contributed by atoms with E-state index >= 15 is 0 Å². The first-order valence-corrected chi connectivity index (χ1v) is 10.4. The number of aryl methyl sites for hydroxylation is 1. The van der Waals surface area contributed by atoms with Crippen molar-refractivity contribution in [2.75, 3.05) is 22.8 Å². The van der Waals surface area contributed by atoms with E-state index in [2.05, 4.69) is 10.0 Å². The third-order valence-electron chi connectivity index (χ3n) is 3.40. The first-order chi connectivity index (χ1) is 11.8. The standard InChI is InChI=1S/C17H23N3O3S2/c1-4-10-25(22,23)19-15-7-5-6-14(11-15)18-17(21)20(3)12-16-9-8-13(2)24-16/h5-9,11,19H,4,10,12H2,1-3H3,(H,18,21). The molecule has 2 aromatic rings. The smallest absolute Gasteiger partial charge is 0.321 e. The molecule has 8 heteroatoms. The molecule has 2 N–H and O–H groups in total. The topological polar surface area (TPSA) is 78.5 Å². The zero-order valence-corrected chi connectivity index (χ0v) is 16.2. The molecule has 0 atom stereocenters. The molecule has 0 aliphatic carbocycles. The van der Waals surface area contributed by atoms with Crippen molar-refractivity contribution in [3.63, 3.8) is 0 Å². The Balaban J connectivity index is 1.99. The molecular formula is C17H23N3O3S2. The number of nitrogens with zero attached hydrogens (tertiary/aromatic N) is 1. The van der Waals surface area contributed by atoms with Crippen molar-refractivity contribution in [3.05, 3.63) is 46.2 Å². The van der Waals surface area contributed by atoms with E-state index in [9.17, 15) is 13.2 Å². The maximum Gasteiger partial charge on any atom is 0.321 e. The molecule has 1 aromatic carbocycles. The maximum absolute atomic E-state index is 12.3. The summed E-state index contributed by atoms with van der Waals surface area (Å²) < 4.78 is 26.2. The zero-order chi connectivity index (χ0) is 18.4. The van der Waals surface area contributed by atoms with Gasteiger partial charge >= 0.3 is 6.03 Å². The Labute approximate surface area is 152 Å². The number of amides is 2. The third kappa shape index (κ3) is 6.06. The van der Waals surface area contributed by atoms with Crippen LogP contribution in [0.25, 0.3) is 0 Å². The van der Waals surface area contributed by atoms with Crippen LogP contribution in [0.1, 0.15) is 23.1 Å². The minimum atomic E-state index is -3.36. The summed E-state index contributed by atoms with van der Waals surface area (Å²) in [7, 11) is -1.64. The summed E-state index contributed by atoms with van der Waals surface area (Å²) in [6.45, 7) is 4.35. The molecule has 0 aliphatic rings. The Morgan fingerprint density at radius 3 is 2.56 bits per heavy atom. The molecule has 25 heavy (non-hydrogen) atoms. The molecule has 1 aromatic heterocycles. The third-order valence-corrected chi connectivity index (χ3v) is 5.87. The Morgan fingerprint density at radius 2 is 1.92 bits per heavy atom. The lowest BCUT2D eigenvalue weighted by Gasteiger charge is -2.17. The average Bonchev–Trinajstić information content (AvgIpc) is 2.92. The molecule has 2 amide bonds. The van der Waals surface area contributed by atoms with Crippen LogP contribution in [0.4, 0.5) is 16.2 Å². The molecule has 6 nitrogen and oxygen atoms in total. The number of carbonyl (C=O) groups is 1. The number of nitrogens with one attached hydrogen (secondary N) is 2. The molecule has 0 saturated carbocycles. The molecule has 0 saturated heterocycles. The van der Waals surface area contributed by atoms with Crippen LogP contribution in [0.5, 0.6) is 0 Å². The lowest BCUT2D eigenvalue weighted by molar-refractivity contribution is 0.221. The summed E-state index contributed by atoms with van der Waals surface area (Å²) in [5, 5.41) is 2.78. The van der Waals surface area contributed by atoms with Gasteiger partial charge in [0, 0.05) is 22.5 Å².